The second-order valence-electron chi connectivity index (χ2n) is 4.33. The molecule has 0 bridgehead atoms. The highest BCUT2D eigenvalue weighted by Crippen LogP contribution is 2.30. The molecule has 2 heteroatoms. The highest BCUT2D eigenvalue weighted by Gasteiger charge is 2.21. The molecule has 1 aliphatic rings. The third-order valence-corrected chi connectivity index (χ3v) is 3.28. The summed E-state index contributed by atoms with van der Waals surface area (Å²) >= 11 is 0. The van der Waals surface area contributed by atoms with Crippen LogP contribution in [0.3, 0.4) is 0 Å². The summed E-state index contributed by atoms with van der Waals surface area (Å²) in [5.41, 5.74) is 5.54. The molecule has 0 saturated carbocycles. The van der Waals surface area contributed by atoms with Crippen LogP contribution in [0.2, 0.25) is 0 Å². The first-order chi connectivity index (χ1) is 8.27. The molecule has 0 unspecified atom stereocenters. The highest BCUT2D eigenvalue weighted by molar-refractivity contribution is 6.00. The third kappa shape index (κ3) is 1.53. The van der Waals surface area contributed by atoms with Crippen molar-refractivity contribution in [2.45, 2.75) is 13.5 Å². The second-order valence-corrected chi connectivity index (χ2v) is 4.33. The van der Waals surface area contributed by atoms with E-state index in [1.807, 2.05) is 24.3 Å². The molecule has 2 aromatic carbocycles. The number of carbonyl (C=O) groups excluding carboxylic acids is 1. The lowest BCUT2D eigenvalue weighted by molar-refractivity contribution is 0.0966. The first-order valence-corrected chi connectivity index (χ1v) is 5.73. The van der Waals surface area contributed by atoms with Gasteiger partial charge in [-0.15, -0.1) is 0 Å². The standard InChI is InChI=1S/C15H13NO/c1-10-5-2-3-6-11(10)12-7-4-8-13-14(12)9-16-15(13)17/h2-8H,9H2,1H3,(H,16,17). The van der Waals surface area contributed by atoms with Gasteiger partial charge in [-0.2, -0.15) is 0 Å². The molecule has 1 heterocycles. The van der Waals surface area contributed by atoms with Crippen LogP contribution in [0.1, 0.15) is 21.5 Å². The van der Waals surface area contributed by atoms with Crippen molar-refractivity contribution in [3.8, 4) is 11.1 Å². The van der Waals surface area contributed by atoms with Crippen LogP contribution in [-0.2, 0) is 6.54 Å². The quantitative estimate of drug-likeness (QED) is 0.791. The Hall–Kier alpha value is -2.09. The van der Waals surface area contributed by atoms with E-state index in [1.165, 1.54) is 16.7 Å². The summed E-state index contributed by atoms with van der Waals surface area (Å²) in [5, 5.41) is 2.88. The van der Waals surface area contributed by atoms with Crippen molar-refractivity contribution in [1.82, 2.24) is 5.32 Å². The summed E-state index contributed by atoms with van der Waals surface area (Å²) < 4.78 is 0. The maximum Gasteiger partial charge on any atom is 0.251 e. The molecule has 3 rings (SSSR count). The number of hydrogen-bond donors (Lipinski definition) is 1. The molecular weight excluding hydrogens is 210 g/mol. The normalized spacial score (nSPS) is 13.4. The number of fused-ring (bicyclic) bond motifs is 1. The van der Waals surface area contributed by atoms with Gasteiger partial charge >= 0.3 is 0 Å². The average molecular weight is 223 g/mol. The van der Waals surface area contributed by atoms with Crippen LogP contribution in [0.5, 0.6) is 0 Å². The minimum Gasteiger partial charge on any atom is -0.348 e. The molecule has 1 amide bonds. The van der Waals surface area contributed by atoms with Gasteiger partial charge in [-0.1, -0.05) is 36.4 Å². The zero-order valence-corrected chi connectivity index (χ0v) is 9.66. The smallest absolute Gasteiger partial charge is 0.251 e. The SMILES string of the molecule is Cc1ccccc1-c1cccc2c1CNC2=O. The van der Waals surface area contributed by atoms with E-state index < -0.39 is 0 Å². The van der Waals surface area contributed by atoms with Gasteiger partial charge in [0, 0.05) is 12.1 Å². The fourth-order valence-electron chi connectivity index (χ4n) is 2.38. The van der Waals surface area contributed by atoms with Crippen LogP contribution < -0.4 is 5.32 Å². The Kier molecular flexibility index (Phi) is 2.22. The number of nitrogens with one attached hydrogen (secondary N) is 1. The Morgan fingerprint density at radius 3 is 2.47 bits per heavy atom. The van der Waals surface area contributed by atoms with Crippen LogP contribution in [0.25, 0.3) is 11.1 Å². The lowest BCUT2D eigenvalue weighted by Gasteiger charge is -2.09. The number of aryl methyl sites for hydroxylation is 1. The van der Waals surface area contributed by atoms with Crippen LogP contribution in [-0.4, -0.2) is 5.91 Å². The Morgan fingerprint density at radius 1 is 0.941 bits per heavy atom. The van der Waals surface area contributed by atoms with Gasteiger partial charge in [-0.3, -0.25) is 4.79 Å². The Balaban J connectivity index is 2.24. The van der Waals surface area contributed by atoms with Crippen LogP contribution in [0, 0.1) is 6.92 Å². The summed E-state index contributed by atoms with van der Waals surface area (Å²) in [4.78, 5) is 11.6. The van der Waals surface area contributed by atoms with Crippen molar-refractivity contribution in [3.05, 3.63) is 59.2 Å². The van der Waals surface area contributed by atoms with E-state index in [0.717, 1.165) is 11.1 Å². The molecule has 0 atom stereocenters. The number of rotatable bonds is 1. The molecule has 0 fully saturated rings. The number of amides is 1. The van der Waals surface area contributed by atoms with E-state index in [9.17, 15) is 4.79 Å². The summed E-state index contributed by atoms with van der Waals surface area (Å²) in [5.74, 6) is 0.0374. The lowest BCUT2D eigenvalue weighted by Crippen LogP contribution is -2.12. The van der Waals surface area contributed by atoms with E-state index in [-0.39, 0.29) is 5.91 Å². The zero-order valence-electron chi connectivity index (χ0n) is 9.66. The summed E-state index contributed by atoms with van der Waals surface area (Å²) in [6, 6.07) is 14.2. The summed E-state index contributed by atoms with van der Waals surface area (Å²) in [6.45, 7) is 2.73. The Bertz CT molecular complexity index is 602. The van der Waals surface area contributed by atoms with E-state index in [0.29, 0.717) is 6.54 Å². The average Bonchev–Trinajstić information content (AvgIpc) is 2.72. The largest absolute Gasteiger partial charge is 0.348 e. The fraction of sp³-hybridized carbons (Fsp3) is 0.133. The molecule has 2 aromatic rings. The molecule has 0 spiro atoms. The van der Waals surface area contributed by atoms with Gasteiger partial charge in [0.1, 0.15) is 0 Å². The van der Waals surface area contributed by atoms with Crippen molar-refractivity contribution in [1.29, 1.82) is 0 Å². The molecule has 0 aliphatic carbocycles. The molecule has 2 nitrogen and oxygen atoms in total. The van der Waals surface area contributed by atoms with Gasteiger partial charge in [0.15, 0.2) is 0 Å². The zero-order chi connectivity index (χ0) is 11.8. The minimum absolute atomic E-state index is 0.0374. The fourth-order valence-corrected chi connectivity index (χ4v) is 2.38. The molecule has 0 aromatic heterocycles. The topological polar surface area (TPSA) is 29.1 Å². The molecule has 0 radical (unpaired) electrons. The van der Waals surface area contributed by atoms with Gasteiger partial charge in [-0.25, -0.2) is 0 Å². The van der Waals surface area contributed by atoms with Crippen molar-refractivity contribution in [3.63, 3.8) is 0 Å². The van der Waals surface area contributed by atoms with E-state index >= 15 is 0 Å². The first-order valence-electron chi connectivity index (χ1n) is 5.73. The van der Waals surface area contributed by atoms with E-state index in [4.69, 9.17) is 0 Å². The molecule has 17 heavy (non-hydrogen) atoms. The molecule has 0 saturated heterocycles. The van der Waals surface area contributed by atoms with Gasteiger partial charge < -0.3 is 5.32 Å². The van der Waals surface area contributed by atoms with E-state index in [2.05, 4.69) is 30.4 Å². The van der Waals surface area contributed by atoms with Crippen molar-refractivity contribution >= 4 is 5.91 Å². The minimum atomic E-state index is 0.0374. The second kappa shape index (κ2) is 3.74. The van der Waals surface area contributed by atoms with E-state index in [1.54, 1.807) is 0 Å². The van der Waals surface area contributed by atoms with Crippen LogP contribution in [0.15, 0.2) is 42.5 Å². The van der Waals surface area contributed by atoms with Crippen molar-refractivity contribution < 1.29 is 4.79 Å². The number of hydrogen-bond acceptors (Lipinski definition) is 1. The lowest BCUT2D eigenvalue weighted by atomic mass is 9.94. The Morgan fingerprint density at radius 2 is 1.65 bits per heavy atom. The van der Waals surface area contributed by atoms with Crippen molar-refractivity contribution in [2.75, 3.05) is 0 Å². The van der Waals surface area contributed by atoms with Crippen LogP contribution in [0.4, 0.5) is 0 Å². The van der Waals surface area contributed by atoms with Crippen LogP contribution >= 0.6 is 0 Å². The van der Waals surface area contributed by atoms with Gasteiger partial charge in [0.25, 0.3) is 5.91 Å². The maximum atomic E-state index is 11.6. The predicted octanol–water partition coefficient (Wildman–Crippen LogP) is 2.91. The summed E-state index contributed by atoms with van der Waals surface area (Å²) in [7, 11) is 0. The van der Waals surface area contributed by atoms with Gasteiger partial charge in [0.2, 0.25) is 0 Å². The molecule has 1 aliphatic heterocycles. The van der Waals surface area contributed by atoms with Crippen molar-refractivity contribution in [2.24, 2.45) is 0 Å². The highest BCUT2D eigenvalue weighted by atomic mass is 16.1. The Labute approximate surface area is 100 Å². The monoisotopic (exact) mass is 223 g/mol. The maximum absolute atomic E-state index is 11.6. The molecule has 84 valence electrons. The number of carbonyl (C=O) groups is 1. The summed E-state index contributed by atoms with van der Waals surface area (Å²) in [6.07, 6.45) is 0. The number of benzene rings is 2. The predicted molar refractivity (Wildman–Crippen MR) is 67.8 cm³/mol. The first kappa shape index (κ1) is 10.1. The molecular formula is C15H13NO. The van der Waals surface area contributed by atoms with Gasteiger partial charge in [0.05, 0.1) is 0 Å². The third-order valence-electron chi connectivity index (χ3n) is 3.28. The van der Waals surface area contributed by atoms with Gasteiger partial charge in [-0.05, 0) is 35.2 Å². The molecule has 1 N–H and O–H groups in total.